The molecular weight excluding hydrogens is 364 g/mol. The number of benzene rings is 2. The van der Waals surface area contributed by atoms with E-state index in [1.54, 1.807) is 31.2 Å². The number of allylic oxidation sites excluding steroid dienone is 1. The lowest BCUT2D eigenvalue weighted by Gasteiger charge is -2.34. The van der Waals surface area contributed by atoms with Crippen LogP contribution >= 0.6 is 0 Å². The molecule has 1 aliphatic rings. The molecule has 2 aromatic carbocycles. The Labute approximate surface area is 162 Å². The zero-order chi connectivity index (χ0) is 20.1. The molecule has 0 aliphatic carbocycles. The van der Waals surface area contributed by atoms with Crippen molar-refractivity contribution in [2.75, 3.05) is 23.3 Å². The summed E-state index contributed by atoms with van der Waals surface area (Å²) in [6.07, 6.45) is 2.62. The summed E-state index contributed by atoms with van der Waals surface area (Å²) in [6, 6.07) is 10.7. The molecule has 3 rings (SSSR count). The van der Waals surface area contributed by atoms with E-state index in [1.165, 1.54) is 24.3 Å². The number of ether oxygens (including phenoxy) is 1. The molecule has 0 bridgehead atoms. The van der Waals surface area contributed by atoms with Gasteiger partial charge in [0.2, 0.25) is 5.91 Å². The highest BCUT2D eigenvalue weighted by atomic mass is 19.1. The predicted molar refractivity (Wildman–Crippen MR) is 105 cm³/mol. The van der Waals surface area contributed by atoms with Gasteiger partial charge in [-0.3, -0.25) is 4.79 Å². The third-order valence-corrected chi connectivity index (χ3v) is 4.46. The summed E-state index contributed by atoms with van der Waals surface area (Å²) in [4.78, 5) is 13.6. The second-order valence-corrected chi connectivity index (χ2v) is 6.81. The Morgan fingerprint density at radius 1 is 1.21 bits per heavy atom. The Morgan fingerprint density at radius 3 is 2.61 bits per heavy atom. The van der Waals surface area contributed by atoms with Crippen molar-refractivity contribution < 1.29 is 18.3 Å². The normalized spacial score (nSPS) is 15.4. The summed E-state index contributed by atoms with van der Waals surface area (Å²) < 4.78 is 33.6. The number of carbonyl (C=O) groups is 1. The first-order chi connectivity index (χ1) is 13.4. The lowest BCUT2D eigenvalue weighted by atomic mass is 10.1. The number of piperidine rings is 1. The Morgan fingerprint density at radius 2 is 1.96 bits per heavy atom. The van der Waals surface area contributed by atoms with Crippen molar-refractivity contribution in [2.45, 2.75) is 25.9 Å². The number of rotatable bonds is 5. The van der Waals surface area contributed by atoms with Gasteiger partial charge in [0.1, 0.15) is 23.5 Å². The van der Waals surface area contributed by atoms with Gasteiger partial charge in [0, 0.05) is 49.5 Å². The molecule has 7 heteroatoms. The van der Waals surface area contributed by atoms with Crippen LogP contribution in [-0.4, -0.2) is 25.1 Å². The molecule has 0 saturated carbocycles. The molecule has 1 heterocycles. The maximum atomic E-state index is 14.5. The van der Waals surface area contributed by atoms with Gasteiger partial charge in [0.05, 0.1) is 5.69 Å². The third kappa shape index (κ3) is 5.22. The summed E-state index contributed by atoms with van der Waals surface area (Å²) in [5, 5.41) is 2.58. The standard InChI is InChI=1S/C21H23F2N3O2/c1-14(24)11-21(27)25-16-5-6-20(19(23)13-16)26-9-7-17(8-10-26)28-18-4-2-3-15(22)12-18/h2-6,11-13,17H,7-10,24H2,1H3,(H,25,27). The van der Waals surface area contributed by atoms with Crippen molar-refractivity contribution in [3.63, 3.8) is 0 Å². The largest absolute Gasteiger partial charge is 0.490 e. The molecule has 0 unspecified atom stereocenters. The van der Waals surface area contributed by atoms with Crippen LogP contribution in [0.4, 0.5) is 20.2 Å². The highest BCUT2D eigenvalue weighted by Crippen LogP contribution is 2.27. The second kappa shape index (κ2) is 8.73. The molecule has 5 nitrogen and oxygen atoms in total. The zero-order valence-corrected chi connectivity index (χ0v) is 15.6. The number of hydrogen-bond donors (Lipinski definition) is 2. The van der Waals surface area contributed by atoms with Gasteiger partial charge in [-0.25, -0.2) is 8.78 Å². The Kier molecular flexibility index (Phi) is 6.13. The number of carbonyl (C=O) groups excluding carboxylic acids is 1. The van der Waals surface area contributed by atoms with Crippen LogP contribution in [0.3, 0.4) is 0 Å². The van der Waals surface area contributed by atoms with Crippen LogP contribution in [0.1, 0.15) is 19.8 Å². The van der Waals surface area contributed by atoms with Crippen LogP contribution < -0.4 is 20.7 Å². The van der Waals surface area contributed by atoms with E-state index >= 15 is 0 Å². The van der Waals surface area contributed by atoms with Crippen molar-refractivity contribution in [1.29, 1.82) is 0 Å². The molecule has 1 amide bonds. The van der Waals surface area contributed by atoms with E-state index in [1.807, 2.05) is 4.90 Å². The van der Waals surface area contributed by atoms with E-state index in [2.05, 4.69) is 5.32 Å². The van der Waals surface area contributed by atoms with E-state index in [-0.39, 0.29) is 11.9 Å². The molecule has 0 spiro atoms. The van der Waals surface area contributed by atoms with Crippen molar-refractivity contribution in [3.05, 3.63) is 65.9 Å². The summed E-state index contributed by atoms with van der Waals surface area (Å²) >= 11 is 0. The molecule has 0 aromatic heterocycles. The summed E-state index contributed by atoms with van der Waals surface area (Å²) in [6.45, 7) is 2.85. The van der Waals surface area contributed by atoms with E-state index < -0.39 is 11.7 Å². The molecule has 0 atom stereocenters. The summed E-state index contributed by atoms with van der Waals surface area (Å²) in [7, 11) is 0. The van der Waals surface area contributed by atoms with E-state index in [0.717, 1.165) is 0 Å². The zero-order valence-electron chi connectivity index (χ0n) is 15.6. The van der Waals surface area contributed by atoms with Gasteiger partial charge < -0.3 is 20.7 Å². The molecule has 3 N–H and O–H groups in total. The maximum absolute atomic E-state index is 14.5. The molecule has 1 aliphatic heterocycles. The van der Waals surface area contributed by atoms with Gasteiger partial charge in [-0.1, -0.05) is 6.07 Å². The SMILES string of the molecule is CC(N)=CC(=O)Nc1ccc(N2CCC(Oc3cccc(F)c3)CC2)c(F)c1. The number of nitrogens with one attached hydrogen (secondary N) is 1. The van der Waals surface area contributed by atoms with Crippen molar-refractivity contribution in [1.82, 2.24) is 0 Å². The minimum absolute atomic E-state index is 0.0361. The van der Waals surface area contributed by atoms with Crippen LogP contribution in [0.5, 0.6) is 5.75 Å². The third-order valence-electron chi connectivity index (χ3n) is 4.46. The fourth-order valence-electron chi connectivity index (χ4n) is 3.17. The topological polar surface area (TPSA) is 67.6 Å². The number of anilines is 2. The monoisotopic (exact) mass is 387 g/mol. The smallest absolute Gasteiger partial charge is 0.250 e. The lowest BCUT2D eigenvalue weighted by Crippen LogP contribution is -2.38. The number of nitrogens with zero attached hydrogens (tertiary/aromatic N) is 1. The number of nitrogens with two attached hydrogens (primary N) is 1. The second-order valence-electron chi connectivity index (χ2n) is 6.81. The van der Waals surface area contributed by atoms with Gasteiger partial charge in [-0.2, -0.15) is 0 Å². The molecule has 28 heavy (non-hydrogen) atoms. The van der Waals surface area contributed by atoms with Gasteiger partial charge >= 0.3 is 0 Å². The van der Waals surface area contributed by atoms with Gasteiger partial charge in [-0.15, -0.1) is 0 Å². The number of halogens is 2. The molecule has 1 saturated heterocycles. The summed E-state index contributed by atoms with van der Waals surface area (Å²) in [5.41, 5.74) is 6.68. The molecule has 1 fully saturated rings. The van der Waals surface area contributed by atoms with Crippen LogP contribution in [0.25, 0.3) is 0 Å². The van der Waals surface area contributed by atoms with E-state index in [9.17, 15) is 13.6 Å². The highest BCUT2D eigenvalue weighted by Gasteiger charge is 2.23. The molecule has 0 radical (unpaired) electrons. The van der Waals surface area contributed by atoms with Gasteiger partial charge in [0.15, 0.2) is 0 Å². The quantitative estimate of drug-likeness (QED) is 0.766. The average Bonchev–Trinajstić information content (AvgIpc) is 2.62. The average molecular weight is 387 g/mol. The first kappa shape index (κ1) is 19.7. The lowest BCUT2D eigenvalue weighted by molar-refractivity contribution is -0.111. The molecular formula is C21H23F2N3O2. The van der Waals surface area contributed by atoms with Crippen molar-refractivity contribution in [2.24, 2.45) is 5.73 Å². The van der Waals surface area contributed by atoms with Crippen molar-refractivity contribution >= 4 is 17.3 Å². The highest BCUT2D eigenvalue weighted by molar-refractivity contribution is 5.99. The first-order valence-corrected chi connectivity index (χ1v) is 9.12. The number of amides is 1. The first-order valence-electron chi connectivity index (χ1n) is 9.12. The Balaban J connectivity index is 1.58. The molecule has 148 valence electrons. The van der Waals surface area contributed by atoms with E-state index in [0.29, 0.717) is 48.8 Å². The fourth-order valence-corrected chi connectivity index (χ4v) is 3.17. The fraction of sp³-hybridized carbons (Fsp3) is 0.286. The van der Waals surface area contributed by atoms with Crippen LogP contribution in [0, 0.1) is 11.6 Å². The Hall–Kier alpha value is -3.09. The van der Waals surface area contributed by atoms with Crippen molar-refractivity contribution in [3.8, 4) is 5.75 Å². The summed E-state index contributed by atoms with van der Waals surface area (Å²) in [5.74, 6) is -0.633. The van der Waals surface area contributed by atoms with Crippen LogP contribution in [-0.2, 0) is 4.79 Å². The van der Waals surface area contributed by atoms with Crippen LogP contribution in [0.15, 0.2) is 54.2 Å². The minimum Gasteiger partial charge on any atom is -0.490 e. The maximum Gasteiger partial charge on any atom is 0.250 e. The predicted octanol–water partition coefficient (Wildman–Crippen LogP) is 3.81. The van der Waals surface area contributed by atoms with Gasteiger partial charge in [-0.05, 0) is 37.3 Å². The number of hydrogen-bond acceptors (Lipinski definition) is 4. The molecule has 2 aromatic rings. The minimum atomic E-state index is -0.407. The van der Waals surface area contributed by atoms with Gasteiger partial charge in [0.25, 0.3) is 0 Å². The Bertz CT molecular complexity index is 874. The van der Waals surface area contributed by atoms with E-state index in [4.69, 9.17) is 10.5 Å². The van der Waals surface area contributed by atoms with Crippen LogP contribution in [0.2, 0.25) is 0 Å².